The van der Waals surface area contributed by atoms with Gasteiger partial charge in [-0.15, -0.1) is 0 Å². The Balaban J connectivity index is 3.12. The summed E-state index contributed by atoms with van der Waals surface area (Å²) in [6, 6.07) is 0. The lowest BCUT2D eigenvalue weighted by Gasteiger charge is -2.01. The zero-order chi connectivity index (χ0) is 9.94. The van der Waals surface area contributed by atoms with Crippen LogP contribution in [0.5, 0.6) is 0 Å². The Kier molecular flexibility index (Phi) is 8.55. The molecule has 76 valence electrons. The number of amides is 1. The van der Waals surface area contributed by atoms with E-state index >= 15 is 0 Å². The molecular weight excluding hydrogens is 168 g/mol. The molecule has 0 aromatic carbocycles. The molecule has 0 aliphatic rings. The van der Waals surface area contributed by atoms with Crippen molar-refractivity contribution in [3.05, 3.63) is 0 Å². The minimum atomic E-state index is -0.0310. The second kappa shape index (κ2) is 9.19. The maximum atomic E-state index is 10.9. The predicted octanol–water partition coefficient (Wildman–Crippen LogP) is 0.0813. The average molecular weight is 186 g/mol. The molecule has 0 aliphatic carbocycles. The highest BCUT2D eigenvalue weighted by Gasteiger charge is 1.98. The molecule has 0 saturated heterocycles. The van der Waals surface area contributed by atoms with E-state index in [-0.39, 0.29) is 12.5 Å². The van der Waals surface area contributed by atoms with Gasteiger partial charge in [0.15, 0.2) is 0 Å². The van der Waals surface area contributed by atoms with Crippen LogP contribution in [0.2, 0.25) is 0 Å². The SMILES string of the molecule is CNCCCCCC(=O)NCC=O. The van der Waals surface area contributed by atoms with Crippen LogP contribution in [0.4, 0.5) is 0 Å². The number of hydrogen-bond donors (Lipinski definition) is 2. The van der Waals surface area contributed by atoms with Gasteiger partial charge in [-0.05, 0) is 26.4 Å². The number of hydrogen-bond acceptors (Lipinski definition) is 3. The Labute approximate surface area is 79.1 Å². The van der Waals surface area contributed by atoms with E-state index in [9.17, 15) is 9.59 Å². The third-order valence-corrected chi connectivity index (χ3v) is 1.71. The van der Waals surface area contributed by atoms with Crippen molar-refractivity contribution in [2.75, 3.05) is 20.1 Å². The van der Waals surface area contributed by atoms with Crippen molar-refractivity contribution in [3.63, 3.8) is 0 Å². The molecule has 0 fully saturated rings. The molecule has 4 nitrogen and oxygen atoms in total. The van der Waals surface area contributed by atoms with E-state index in [0.29, 0.717) is 12.7 Å². The van der Waals surface area contributed by atoms with Crippen LogP contribution < -0.4 is 10.6 Å². The van der Waals surface area contributed by atoms with Crippen molar-refractivity contribution in [2.45, 2.75) is 25.7 Å². The fourth-order valence-corrected chi connectivity index (χ4v) is 1.01. The van der Waals surface area contributed by atoms with Crippen molar-refractivity contribution in [1.29, 1.82) is 0 Å². The molecule has 0 heterocycles. The lowest BCUT2D eigenvalue weighted by molar-refractivity contribution is -0.122. The minimum absolute atomic E-state index is 0.0310. The van der Waals surface area contributed by atoms with E-state index in [1.54, 1.807) is 0 Å². The molecule has 0 atom stereocenters. The first kappa shape index (κ1) is 12.1. The van der Waals surface area contributed by atoms with Crippen molar-refractivity contribution in [2.24, 2.45) is 0 Å². The fraction of sp³-hybridized carbons (Fsp3) is 0.778. The third kappa shape index (κ3) is 9.01. The first-order chi connectivity index (χ1) is 6.31. The van der Waals surface area contributed by atoms with E-state index in [4.69, 9.17) is 0 Å². The first-order valence-corrected chi connectivity index (χ1v) is 4.66. The monoisotopic (exact) mass is 186 g/mol. The predicted molar refractivity (Wildman–Crippen MR) is 51.5 cm³/mol. The zero-order valence-corrected chi connectivity index (χ0v) is 8.14. The van der Waals surface area contributed by atoms with Gasteiger partial charge in [0, 0.05) is 6.42 Å². The summed E-state index contributed by atoms with van der Waals surface area (Å²) >= 11 is 0. The summed E-state index contributed by atoms with van der Waals surface area (Å²) in [6.07, 6.45) is 4.26. The summed E-state index contributed by atoms with van der Waals surface area (Å²) in [6.45, 7) is 1.13. The van der Waals surface area contributed by atoms with Gasteiger partial charge in [-0.2, -0.15) is 0 Å². The van der Waals surface area contributed by atoms with Crippen LogP contribution in [0, 0.1) is 0 Å². The molecule has 2 N–H and O–H groups in total. The van der Waals surface area contributed by atoms with Gasteiger partial charge in [-0.25, -0.2) is 0 Å². The highest BCUT2D eigenvalue weighted by molar-refractivity contribution is 5.78. The highest BCUT2D eigenvalue weighted by Crippen LogP contribution is 1.98. The van der Waals surface area contributed by atoms with E-state index < -0.39 is 0 Å². The average Bonchev–Trinajstić information content (AvgIpc) is 2.14. The van der Waals surface area contributed by atoms with Crippen LogP contribution in [-0.2, 0) is 9.59 Å². The Morgan fingerprint density at radius 1 is 1.31 bits per heavy atom. The highest BCUT2D eigenvalue weighted by atomic mass is 16.2. The summed E-state index contributed by atoms with van der Waals surface area (Å²) in [5.74, 6) is -0.0310. The zero-order valence-electron chi connectivity index (χ0n) is 8.14. The van der Waals surface area contributed by atoms with Crippen molar-refractivity contribution in [1.82, 2.24) is 10.6 Å². The number of rotatable bonds is 8. The first-order valence-electron chi connectivity index (χ1n) is 4.66. The van der Waals surface area contributed by atoms with E-state index in [2.05, 4.69) is 10.6 Å². The van der Waals surface area contributed by atoms with Gasteiger partial charge in [0.25, 0.3) is 0 Å². The Bertz CT molecular complexity index is 149. The van der Waals surface area contributed by atoms with Crippen LogP contribution in [0.15, 0.2) is 0 Å². The fourth-order valence-electron chi connectivity index (χ4n) is 1.01. The van der Waals surface area contributed by atoms with Crippen molar-refractivity contribution in [3.8, 4) is 0 Å². The molecular formula is C9H18N2O2. The lowest BCUT2D eigenvalue weighted by Crippen LogP contribution is -2.24. The summed E-state index contributed by atoms with van der Waals surface area (Å²) < 4.78 is 0. The van der Waals surface area contributed by atoms with Gasteiger partial charge in [0.2, 0.25) is 5.91 Å². The van der Waals surface area contributed by atoms with Crippen LogP contribution in [-0.4, -0.2) is 32.3 Å². The second-order valence-corrected chi connectivity index (χ2v) is 2.88. The number of unbranched alkanes of at least 4 members (excludes halogenated alkanes) is 2. The van der Waals surface area contributed by atoms with E-state index in [1.807, 2.05) is 7.05 Å². The van der Waals surface area contributed by atoms with Gasteiger partial charge in [-0.3, -0.25) is 4.79 Å². The standard InChI is InChI=1S/C9H18N2O2/c1-10-6-4-2-3-5-9(13)11-7-8-12/h8,10H,2-7H2,1H3,(H,11,13). The van der Waals surface area contributed by atoms with Crippen LogP contribution in [0.3, 0.4) is 0 Å². The maximum Gasteiger partial charge on any atom is 0.220 e. The van der Waals surface area contributed by atoms with Gasteiger partial charge >= 0.3 is 0 Å². The Morgan fingerprint density at radius 3 is 2.69 bits per heavy atom. The topological polar surface area (TPSA) is 58.2 Å². The summed E-state index contributed by atoms with van der Waals surface area (Å²) in [4.78, 5) is 20.9. The summed E-state index contributed by atoms with van der Waals surface area (Å²) in [5, 5.41) is 5.54. The molecule has 13 heavy (non-hydrogen) atoms. The largest absolute Gasteiger partial charge is 0.349 e. The van der Waals surface area contributed by atoms with Crippen LogP contribution in [0.25, 0.3) is 0 Å². The smallest absolute Gasteiger partial charge is 0.220 e. The minimum Gasteiger partial charge on any atom is -0.349 e. The molecule has 0 aliphatic heterocycles. The van der Waals surface area contributed by atoms with Crippen LogP contribution in [0.1, 0.15) is 25.7 Å². The quantitative estimate of drug-likeness (QED) is 0.417. The molecule has 0 rings (SSSR count). The molecule has 4 heteroatoms. The van der Waals surface area contributed by atoms with E-state index in [0.717, 1.165) is 25.8 Å². The lowest BCUT2D eigenvalue weighted by atomic mass is 10.2. The van der Waals surface area contributed by atoms with Gasteiger partial charge < -0.3 is 15.4 Å². The maximum absolute atomic E-state index is 10.9. The van der Waals surface area contributed by atoms with E-state index in [1.165, 1.54) is 0 Å². The van der Waals surface area contributed by atoms with Gasteiger partial charge in [-0.1, -0.05) is 6.42 Å². The molecule has 0 unspecified atom stereocenters. The molecule has 0 aromatic rings. The molecule has 0 saturated carbocycles. The number of carbonyl (C=O) groups is 2. The van der Waals surface area contributed by atoms with Crippen molar-refractivity contribution >= 4 is 12.2 Å². The normalized spacial score (nSPS) is 9.62. The molecule has 1 amide bonds. The number of aldehydes is 1. The number of carbonyl (C=O) groups excluding carboxylic acids is 2. The van der Waals surface area contributed by atoms with Crippen LogP contribution >= 0.6 is 0 Å². The van der Waals surface area contributed by atoms with Crippen molar-refractivity contribution < 1.29 is 9.59 Å². The third-order valence-electron chi connectivity index (χ3n) is 1.71. The van der Waals surface area contributed by atoms with Gasteiger partial charge in [0.1, 0.15) is 6.29 Å². The van der Waals surface area contributed by atoms with Gasteiger partial charge in [0.05, 0.1) is 6.54 Å². The molecule has 0 spiro atoms. The molecule has 0 radical (unpaired) electrons. The molecule has 0 aromatic heterocycles. The number of nitrogens with one attached hydrogen (secondary N) is 2. The Hall–Kier alpha value is -0.900. The summed E-state index contributed by atoms with van der Waals surface area (Å²) in [7, 11) is 1.91. The molecule has 0 bridgehead atoms. The second-order valence-electron chi connectivity index (χ2n) is 2.88. The Morgan fingerprint density at radius 2 is 2.08 bits per heavy atom. The summed E-state index contributed by atoms with van der Waals surface area (Å²) in [5.41, 5.74) is 0.